The number of aromatic amines is 1. The third-order valence-corrected chi connectivity index (χ3v) is 4.46. The average molecular weight is 367 g/mol. The fourth-order valence-electron chi connectivity index (χ4n) is 3.14. The summed E-state index contributed by atoms with van der Waals surface area (Å²) in [6.45, 7) is 1.91. The van der Waals surface area contributed by atoms with Crippen LogP contribution in [-0.4, -0.2) is 29.7 Å². The molecule has 9 nitrogen and oxygen atoms in total. The third kappa shape index (κ3) is 2.71. The van der Waals surface area contributed by atoms with E-state index in [2.05, 4.69) is 30.5 Å². The van der Waals surface area contributed by atoms with Crippen LogP contribution in [0.3, 0.4) is 0 Å². The second kappa shape index (κ2) is 6.24. The van der Waals surface area contributed by atoms with E-state index in [4.69, 9.17) is 11.5 Å². The van der Waals surface area contributed by atoms with Crippen molar-refractivity contribution < 1.29 is 4.39 Å². The van der Waals surface area contributed by atoms with Crippen molar-refractivity contribution in [1.82, 2.24) is 29.7 Å². The van der Waals surface area contributed by atoms with Crippen molar-refractivity contribution in [1.29, 1.82) is 0 Å². The summed E-state index contributed by atoms with van der Waals surface area (Å²) in [6.07, 6.45) is 4.56. The summed E-state index contributed by atoms with van der Waals surface area (Å²) in [4.78, 5) is 12.6. The molecule has 3 aromatic heterocycles. The lowest BCUT2D eigenvalue weighted by Crippen LogP contribution is -2.15. The number of halogens is 1. The number of rotatable bonds is 4. The van der Waals surface area contributed by atoms with Crippen LogP contribution in [0.15, 0.2) is 30.9 Å². The number of fused-ring (bicyclic) bond motifs is 1. The van der Waals surface area contributed by atoms with Crippen molar-refractivity contribution >= 4 is 28.4 Å². The van der Waals surface area contributed by atoms with Gasteiger partial charge in [-0.15, -0.1) is 0 Å². The first-order valence-corrected chi connectivity index (χ1v) is 8.23. The number of nitrogens with two attached hydrogens (primary N) is 2. The SMILES string of the molecule is C[C@H](Nc1ncnc(N)c1N)c1nc2ccc(F)c(-c3cn[nH]c3)c2n1C. The number of aromatic nitrogens is 6. The zero-order chi connectivity index (χ0) is 19.1. The number of nitrogens with zero attached hydrogens (tertiary/aromatic N) is 5. The second-order valence-electron chi connectivity index (χ2n) is 6.19. The Balaban J connectivity index is 1.80. The zero-order valence-electron chi connectivity index (χ0n) is 14.7. The standard InChI is InChI=1S/C17H18FN9/c1-8(25-16-13(19)15(20)21-7-22-16)17-26-11-4-3-10(18)12(14(11)27(17)2)9-5-23-24-6-9/h3-8H,19H2,1-2H3,(H,23,24)(H3,20,21,22,25)/t8-/m0/s1. The number of benzene rings is 1. The van der Waals surface area contributed by atoms with Crippen molar-refractivity contribution in [2.75, 3.05) is 16.8 Å². The van der Waals surface area contributed by atoms with E-state index in [0.29, 0.717) is 33.8 Å². The van der Waals surface area contributed by atoms with E-state index in [9.17, 15) is 4.39 Å². The predicted molar refractivity (Wildman–Crippen MR) is 101 cm³/mol. The molecule has 0 fully saturated rings. The molecule has 10 heteroatoms. The van der Waals surface area contributed by atoms with Crippen molar-refractivity contribution in [3.8, 4) is 11.1 Å². The molecule has 0 radical (unpaired) electrons. The van der Waals surface area contributed by atoms with Crippen molar-refractivity contribution in [2.45, 2.75) is 13.0 Å². The molecule has 27 heavy (non-hydrogen) atoms. The molecule has 3 heterocycles. The van der Waals surface area contributed by atoms with E-state index in [-0.39, 0.29) is 23.4 Å². The first kappa shape index (κ1) is 16.8. The maximum atomic E-state index is 14.6. The summed E-state index contributed by atoms with van der Waals surface area (Å²) < 4.78 is 16.4. The van der Waals surface area contributed by atoms with Crippen LogP contribution in [-0.2, 0) is 7.05 Å². The van der Waals surface area contributed by atoms with Gasteiger partial charge in [-0.1, -0.05) is 0 Å². The predicted octanol–water partition coefficient (Wildman–Crippen LogP) is 2.23. The Kier molecular flexibility index (Phi) is 3.87. The highest BCUT2D eigenvalue weighted by Crippen LogP contribution is 2.33. The number of hydrogen-bond donors (Lipinski definition) is 4. The molecule has 1 aromatic carbocycles. The van der Waals surface area contributed by atoms with Crippen LogP contribution in [0, 0.1) is 5.82 Å². The van der Waals surface area contributed by atoms with Gasteiger partial charge in [-0.2, -0.15) is 5.10 Å². The van der Waals surface area contributed by atoms with Gasteiger partial charge >= 0.3 is 0 Å². The van der Waals surface area contributed by atoms with Crippen LogP contribution in [0.2, 0.25) is 0 Å². The summed E-state index contributed by atoms with van der Waals surface area (Å²) in [5.74, 6) is 0.973. The number of hydrogen-bond acceptors (Lipinski definition) is 7. The molecule has 0 saturated carbocycles. The van der Waals surface area contributed by atoms with E-state index in [1.807, 2.05) is 18.5 Å². The summed E-state index contributed by atoms with van der Waals surface area (Å²) >= 11 is 0. The Hall–Kier alpha value is -3.69. The van der Waals surface area contributed by atoms with Gasteiger partial charge in [-0.25, -0.2) is 19.3 Å². The molecule has 0 amide bonds. The fourth-order valence-corrected chi connectivity index (χ4v) is 3.14. The molecule has 0 aliphatic carbocycles. The largest absolute Gasteiger partial charge is 0.393 e. The topological polar surface area (TPSA) is 136 Å². The lowest BCUT2D eigenvalue weighted by atomic mass is 10.1. The van der Waals surface area contributed by atoms with E-state index in [0.717, 1.165) is 0 Å². The summed E-state index contributed by atoms with van der Waals surface area (Å²) in [7, 11) is 1.84. The molecule has 138 valence electrons. The molecule has 4 aromatic rings. The Morgan fingerprint density at radius 1 is 1.26 bits per heavy atom. The number of nitrogens with one attached hydrogen (secondary N) is 2. The molecule has 1 atom stereocenters. The Bertz CT molecular complexity index is 1120. The van der Waals surface area contributed by atoms with Gasteiger partial charge in [0.1, 0.15) is 23.7 Å². The van der Waals surface area contributed by atoms with E-state index in [1.54, 1.807) is 18.5 Å². The minimum atomic E-state index is -0.341. The van der Waals surface area contributed by atoms with Crippen LogP contribution in [0.25, 0.3) is 22.2 Å². The van der Waals surface area contributed by atoms with E-state index in [1.165, 1.54) is 12.4 Å². The maximum absolute atomic E-state index is 14.6. The maximum Gasteiger partial charge on any atom is 0.155 e. The lowest BCUT2D eigenvalue weighted by molar-refractivity contribution is 0.632. The van der Waals surface area contributed by atoms with Gasteiger partial charge in [0, 0.05) is 24.4 Å². The van der Waals surface area contributed by atoms with Gasteiger partial charge < -0.3 is 21.4 Å². The molecular weight excluding hydrogens is 349 g/mol. The van der Waals surface area contributed by atoms with Crippen LogP contribution < -0.4 is 16.8 Å². The van der Waals surface area contributed by atoms with Gasteiger partial charge in [0.05, 0.1) is 23.3 Å². The molecule has 0 saturated heterocycles. The highest BCUT2D eigenvalue weighted by atomic mass is 19.1. The van der Waals surface area contributed by atoms with Gasteiger partial charge in [-0.05, 0) is 19.1 Å². The fraction of sp³-hybridized carbons (Fsp3) is 0.176. The van der Waals surface area contributed by atoms with Crippen molar-refractivity contribution in [2.24, 2.45) is 7.05 Å². The van der Waals surface area contributed by atoms with Crippen LogP contribution in [0.4, 0.5) is 21.7 Å². The monoisotopic (exact) mass is 367 g/mol. The average Bonchev–Trinajstić information content (AvgIpc) is 3.28. The molecule has 4 rings (SSSR count). The zero-order valence-corrected chi connectivity index (χ0v) is 14.7. The first-order valence-electron chi connectivity index (χ1n) is 8.23. The summed E-state index contributed by atoms with van der Waals surface area (Å²) in [5, 5.41) is 9.82. The minimum Gasteiger partial charge on any atom is -0.393 e. The molecule has 0 aliphatic rings. The van der Waals surface area contributed by atoms with Gasteiger partial charge in [-0.3, -0.25) is 5.10 Å². The normalized spacial score (nSPS) is 12.4. The summed E-state index contributed by atoms with van der Waals surface area (Å²) in [5.41, 5.74) is 14.4. The highest BCUT2D eigenvalue weighted by Gasteiger charge is 2.21. The number of imidazole rings is 1. The molecule has 0 aliphatic heterocycles. The first-order chi connectivity index (χ1) is 13.0. The van der Waals surface area contributed by atoms with Gasteiger partial charge in [0.15, 0.2) is 11.6 Å². The Labute approximate surface area is 153 Å². The molecule has 0 spiro atoms. The van der Waals surface area contributed by atoms with E-state index >= 15 is 0 Å². The molecular formula is C17H18FN9. The lowest BCUT2D eigenvalue weighted by Gasteiger charge is -2.16. The van der Waals surface area contributed by atoms with Gasteiger partial charge in [0.25, 0.3) is 0 Å². The number of H-pyrrole nitrogens is 1. The minimum absolute atomic E-state index is 0.203. The van der Waals surface area contributed by atoms with Crippen molar-refractivity contribution in [3.63, 3.8) is 0 Å². The smallest absolute Gasteiger partial charge is 0.155 e. The quantitative estimate of drug-likeness (QED) is 0.434. The second-order valence-corrected chi connectivity index (χ2v) is 6.19. The van der Waals surface area contributed by atoms with Crippen LogP contribution in [0.1, 0.15) is 18.8 Å². The number of anilines is 3. The third-order valence-electron chi connectivity index (χ3n) is 4.46. The van der Waals surface area contributed by atoms with Crippen molar-refractivity contribution in [3.05, 3.63) is 42.5 Å². The molecule has 0 unspecified atom stereocenters. The Morgan fingerprint density at radius 2 is 2.07 bits per heavy atom. The van der Waals surface area contributed by atoms with Crippen LogP contribution >= 0.6 is 0 Å². The number of nitrogen functional groups attached to an aromatic ring is 2. The Morgan fingerprint density at radius 3 is 2.81 bits per heavy atom. The molecule has 6 N–H and O–H groups in total. The van der Waals surface area contributed by atoms with Crippen LogP contribution in [0.5, 0.6) is 0 Å². The summed E-state index contributed by atoms with van der Waals surface area (Å²) in [6, 6.07) is 2.80. The number of aryl methyl sites for hydroxylation is 1. The highest BCUT2D eigenvalue weighted by molar-refractivity contribution is 5.92. The van der Waals surface area contributed by atoms with Gasteiger partial charge in [0.2, 0.25) is 0 Å². The van der Waals surface area contributed by atoms with E-state index < -0.39 is 0 Å². The molecule has 0 bridgehead atoms.